The molecule has 0 aliphatic heterocycles. The van der Waals surface area contributed by atoms with E-state index in [-0.39, 0.29) is 0 Å². The molecular weight excluding hydrogens is 212 g/mol. The Morgan fingerprint density at radius 2 is 2.27 bits per heavy atom. The Kier molecular flexibility index (Phi) is 3.75. The van der Waals surface area contributed by atoms with Crippen LogP contribution in [0.15, 0.2) is 17.5 Å². The van der Waals surface area contributed by atoms with Crippen molar-refractivity contribution in [2.24, 2.45) is 0 Å². The normalized spacial score (nSPS) is 10.1. The van der Waals surface area contributed by atoms with Gasteiger partial charge in [-0.05, 0) is 31.2 Å². The van der Waals surface area contributed by atoms with Gasteiger partial charge in [-0.25, -0.2) is 4.79 Å². The minimum absolute atomic E-state index is 0.722. The topological polar surface area (TPSA) is 35.5 Å². The van der Waals surface area contributed by atoms with E-state index in [9.17, 15) is 4.79 Å². The highest BCUT2D eigenvalue weighted by molar-refractivity contribution is 7.10. The maximum Gasteiger partial charge on any atom is 0.509 e. The molecule has 80 valence electrons. The molecule has 0 aliphatic rings. The molecule has 0 aromatic carbocycles. The zero-order chi connectivity index (χ0) is 11.3. The third kappa shape index (κ3) is 4.05. The van der Waals surface area contributed by atoms with Crippen molar-refractivity contribution in [2.75, 3.05) is 7.11 Å². The molecule has 0 fully saturated rings. The van der Waals surface area contributed by atoms with Gasteiger partial charge < -0.3 is 9.47 Å². The number of carbonyl (C=O) groups excluding carboxylic acids is 1. The minimum Gasteiger partial charge on any atom is -0.438 e. The maximum absolute atomic E-state index is 10.9. The van der Waals surface area contributed by atoms with E-state index in [1.54, 1.807) is 25.2 Å². The molecule has 0 saturated carbocycles. The van der Waals surface area contributed by atoms with Crippen LogP contribution in [0.5, 0.6) is 0 Å². The highest BCUT2D eigenvalue weighted by Gasteiger charge is 2.20. The largest absolute Gasteiger partial charge is 0.509 e. The Labute approximate surface area is 93.0 Å². The molecule has 0 atom stereocenters. The summed E-state index contributed by atoms with van der Waals surface area (Å²) in [6.07, 6.45) is -0.722. The van der Waals surface area contributed by atoms with Gasteiger partial charge in [-0.15, -0.1) is 11.3 Å². The fraction of sp³-hybridized carbons (Fsp3) is 0.364. The van der Waals surface area contributed by atoms with Gasteiger partial charge >= 0.3 is 6.16 Å². The van der Waals surface area contributed by atoms with Crippen molar-refractivity contribution < 1.29 is 14.3 Å². The van der Waals surface area contributed by atoms with Crippen molar-refractivity contribution in [3.8, 4) is 11.8 Å². The first-order valence-corrected chi connectivity index (χ1v) is 5.25. The van der Waals surface area contributed by atoms with E-state index in [1.807, 2.05) is 17.5 Å². The van der Waals surface area contributed by atoms with Crippen LogP contribution in [0.4, 0.5) is 4.79 Å². The second-order valence-corrected chi connectivity index (χ2v) is 4.24. The molecule has 3 nitrogen and oxygen atoms in total. The summed E-state index contributed by atoms with van der Waals surface area (Å²) in [7, 11) is 1.27. The van der Waals surface area contributed by atoms with Crippen molar-refractivity contribution in [1.82, 2.24) is 0 Å². The molecule has 1 heterocycles. The molecule has 1 rings (SSSR count). The van der Waals surface area contributed by atoms with E-state index in [2.05, 4.69) is 16.6 Å². The number of ether oxygens (including phenoxy) is 2. The van der Waals surface area contributed by atoms with E-state index >= 15 is 0 Å². The Bertz CT molecular complexity index is 382. The van der Waals surface area contributed by atoms with Gasteiger partial charge in [-0.3, -0.25) is 0 Å². The molecule has 0 unspecified atom stereocenters. The van der Waals surface area contributed by atoms with Gasteiger partial charge in [0.2, 0.25) is 0 Å². The molecule has 0 amide bonds. The zero-order valence-electron chi connectivity index (χ0n) is 8.87. The minimum atomic E-state index is -0.836. The summed E-state index contributed by atoms with van der Waals surface area (Å²) in [6, 6.07) is 3.83. The Morgan fingerprint density at radius 3 is 2.80 bits per heavy atom. The fourth-order valence-corrected chi connectivity index (χ4v) is 1.41. The fourth-order valence-electron chi connectivity index (χ4n) is 0.837. The van der Waals surface area contributed by atoms with Gasteiger partial charge in [-0.2, -0.15) is 0 Å². The lowest BCUT2D eigenvalue weighted by Gasteiger charge is -2.16. The Morgan fingerprint density at radius 1 is 1.53 bits per heavy atom. The van der Waals surface area contributed by atoms with Crippen molar-refractivity contribution >= 4 is 17.5 Å². The molecule has 0 aliphatic carbocycles. The van der Waals surface area contributed by atoms with Gasteiger partial charge in [0.05, 0.1) is 12.0 Å². The molecule has 4 heteroatoms. The second-order valence-electron chi connectivity index (χ2n) is 3.29. The van der Waals surface area contributed by atoms with Crippen LogP contribution in [0, 0.1) is 11.8 Å². The summed E-state index contributed by atoms with van der Waals surface area (Å²) in [5.41, 5.74) is -0.836. The van der Waals surface area contributed by atoms with Gasteiger partial charge in [-0.1, -0.05) is 12.0 Å². The van der Waals surface area contributed by atoms with E-state index < -0.39 is 11.8 Å². The highest BCUT2D eigenvalue weighted by atomic mass is 32.1. The Hall–Kier alpha value is -1.47. The lowest BCUT2D eigenvalue weighted by Crippen LogP contribution is -2.26. The molecule has 1 aromatic heterocycles. The second kappa shape index (κ2) is 4.85. The van der Waals surface area contributed by atoms with Crippen LogP contribution < -0.4 is 0 Å². The van der Waals surface area contributed by atoms with Crippen LogP contribution in [-0.4, -0.2) is 18.9 Å². The van der Waals surface area contributed by atoms with Crippen LogP contribution in [0.25, 0.3) is 0 Å². The molecule has 0 spiro atoms. The molecule has 15 heavy (non-hydrogen) atoms. The average Bonchev–Trinajstić information content (AvgIpc) is 2.66. The third-order valence-electron chi connectivity index (χ3n) is 1.51. The van der Waals surface area contributed by atoms with Crippen molar-refractivity contribution in [3.05, 3.63) is 22.4 Å². The lowest BCUT2D eigenvalue weighted by molar-refractivity contribution is 0.0221. The maximum atomic E-state index is 10.9. The summed E-state index contributed by atoms with van der Waals surface area (Å²) < 4.78 is 9.35. The van der Waals surface area contributed by atoms with E-state index in [0.29, 0.717) is 0 Å². The van der Waals surface area contributed by atoms with Crippen LogP contribution in [0.1, 0.15) is 18.7 Å². The standard InChI is InChI=1S/C11H12O3S/c1-11(2,14-10(12)13-3)7-6-9-5-4-8-15-9/h4-5,8H,1-3H3. The average molecular weight is 224 g/mol. The smallest absolute Gasteiger partial charge is 0.438 e. The number of thiophene rings is 1. The molecule has 0 saturated heterocycles. The van der Waals surface area contributed by atoms with Crippen LogP contribution in [0.2, 0.25) is 0 Å². The summed E-state index contributed by atoms with van der Waals surface area (Å²) >= 11 is 1.54. The van der Waals surface area contributed by atoms with Crippen LogP contribution in [0.3, 0.4) is 0 Å². The first-order valence-electron chi connectivity index (χ1n) is 4.37. The summed E-state index contributed by atoms with van der Waals surface area (Å²) in [5, 5.41) is 1.94. The van der Waals surface area contributed by atoms with Gasteiger partial charge in [0.15, 0.2) is 5.60 Å². The van der Waals surface area contributed by atoms with E-state index in [4.69, 9.17) is 4.74 Å². The number of hydrogen-bond acceptors (Lipinski definition) is 4. The SMILES string of the molecule is COC(=O)OC(C)(C)C#Cc1cccs1. The number of methoxy groups -OCH3 is 1. The van der Waals surface area contributed by atoms with Crippen molar-refractivity contribution in [2.45, 2.75) is 19.4 Å². The quantitative estimate of drug-likeness (QED) is 0.543. The van der Waals surface area contributed by atoms with Crippen molar-refractivity contribution in [1.29, 1.82) is 0 Å². The number of carbonyl (C=O) groups is 1. The predicted molar refractivity (Wildman–Crippen MR) is 58.8 cm³/mol. The molecule has 1 aromatic rings. The third-order valence-corrected chi connectivity index (χ3v) is 2.30. The van der Waals surface area contributed by atoms with E-state index in [1.165, 1.54) is 7.11 Å². The number of hydrogen-bond donors (Lipinski definition) is 0. The summed E-state index contributed by atoms with van der Waals surface area (Å²) in [4.78, 5) is 11.8. The Balaban J connectivity index is 2.67. The van der Waals surface area contributed by atoms with Crippen LogP contribution in [-0.2, 0) is 9.47 Å². The monoisotopic (exact) mass is 224 g/mol. The predicted octanol–water partition coefficient (Wildman–Crippen LogP) is 2.66. The molecule has 0 radical (unpaired) electrons. The summed E-state index contributed by atoms with van der Waals surface area (Å²) in [5.74, 6) is 5.79. The van der Waals surface area contributed by atoms with E-state index in [0.717, 1.165) is 4.88 Å². The first kappa shape index (κ1) is 11.6. The summed E-state index contributed by atoms with van der Waals surface area (Å²) in [6.45, 7) is 3.43. The molecular formula is C11H12O3S. The first-order chi connectivity index (χ1) is 7.03. The van der Waals surface area contributed by atoms with Gasteiger partial charge in [0.1, 0.15) is 0 Å². The van der Waals surface area contributed by atoms with Gasteiger partial charge in [0, 0.05) is 0 Å². The van der Waals surface area contributed by atoms with Gasteiger partial charge in [0.25, 0.3) is 0 Å². The van der Waals surface area contributed by atoms with Crippen LogP contribution >= 0.6 is 11.3 Å². The molecule has 0 N–H and O–H groups in total. The van der Waals surface area contributed by atoms with Crippen molar-refractivity contribution in [3.63, 3.8) is 0 Å². The zero-order valence-corrected chi connectivity index (χ0v) is 9.68. The highest BCUT2D eigenvalue weighted by Crippen LogP contribution is 2.11. The lowest BCUT2D eigenvalue weighted by atomic mass is 10.1. The molecule has 0 bridgehead atoms. The number of rotatable bonds is 1.